The minimum atomic E-state index is -0.523. The molecule has 0 radical (unpaired) electrons. The van der Waals surface area contributed by atoms with Crippen LogP contribution >= 0.6 is 35.0 Å². The van der Waals surface area contributed by atoms with E-state index in [1.165, 1.54) is 11.8 Å². The number of carbonyl (C=O) groups is 3. The van der Waals surface area contributed by atoms with Gasteiger partial charge in [-0.25, -0.2) is 0 Å². The Morgan fingerprint density at radius 1 is 0.810 bits per heavy atom. The maximum atomic E-state index is 13.5. The molecule has 4 rings (SSSR count). The summed E-state index contributed by atoms with van der Waals surface area (Å²) in [6.07, 6.45) is 1.58. The topological polar surface area (TPSA) is 96.5 Å². The maximum absolute atomic E-state index is 13.5. The van der Waals surface area contributed by atoms with Crippen molar-refractivity contribution in [3.63, 3.8) is 0 Å². The predicted octanol–water partition coefficient (Wildman–Crippen LogP) is 7.53. The largest absolute Gasteiger partial charge is 0.493 e. The van der Waals surface area contributed by atoms with Gasteiger partial charge >= 0.3 is 0 Å². The first-order chi connectivity index (χ1) is 20.3. The third kappa shape index (κ3) is 8.88. The second-order valence-electron chi connectivity index (χ2n) is 8.80. The molecular formula is C32H27Cl2N3O4S. The molecule has 42 heavy (non-hydrogen) atoms. The van der Waals surface area contributed by atoms with Crippen LogP contribution in [-0.4, -0.2) is 30.1 Å². The minimum Gasteiger partial charge on any atom is -0.493 e. The lowest BCUT2D eigenvalue weighted by Crippen LogP contribution is -2.30. The summed E-state index contributed by atoms with van der Waals surface area (Å²) in [5, 5.41) is 9.11. The van der Waals surface area contributed by atoms with Gasteiger partial charge in [0.1, 0.15) is 11.4 Å². The summed E-state index contributed by atoms with van der Waals surface area (Å²) in [5.41, 5.74) is 2.11. The second kappa shape index (κ2) is 15.1. The van der Waals surface area contributed by atoms with Crippen molar-refractivity contribution in [1.29, 1.82) is 0 Å². The molecule has 0 saturated heterocycles. The van der Waals surface area contributed by atoms with Crippen molar-refractivity contribution in [3.05, 3.63) is 124 Å². The maximum Gasteiger partial charge on any atom is 0.272 e. The molecule has 0 aromatic heterocycles. The van der Waals surface area contributed by atoms with E-state index in [9.17, 15) is 14.4 Å². The third-order valence-corrected chi connectivity index (χ3v) is 7.45. The van der Waals surface area contributed by atoms with Gasteiger partial charge in [-0.3, -0.25) is 14.4 Å². The van der Waals surface area contributed by atoms with Gasteiger partial charge in [-0.15, -0.1) is 11.8 Å². The zero-order chi connectivity index (χ0) is 29.9. The minimum absolute atomic E-state index is 0.0371. The summed E-state index contributed by atoms with van der Waals surface area (Å²) in [4.78, 5) is 39.7. The van der Waals surface area contributed by atoms with Crippen molar-refractivity contribution in [2.45, 2.75) is 11.8 Å². The van der Waals surface area contributed by atoms with Crippen LogP contribution in [0.25, 0.3) is 6.08 Å². The van der Waals surface area contributed by atoms with Crippen LogP contribution in [0.3, 0.4) is 0 Å². The van der Waals surface area contributed by atoms with Gasteiger partial charge in [0.15, 0.2) is 0 Å². The zero-order valence-corrected chi connectivity index (χ0v) is 24.9. The van der Waals surface area contributed by atoms with Gasteiger partial charge in [-0.05, 0) is 67.6 Å². The van der Waals surface area contributed by atoms with Crippen LogP contribution in [0.15, 0.2) is 108 Å². The monoisotopic (exact) mass is 619 g/mol. The number of amides is 3. The first-order valence-corrected chi connectivity index (χ1v) is 14.7. The van der Waals surface area contributed by atoms with Crippen LogP contribution in [0.4, 0.5) is 11.4 Å². The molecule has 0 heterocycles. The quantitative estimate of drug-likeness (QED) is 0.119. The molecule has 0 aliphatic carbocycles. The molecule has 4 aromatic rings. The lowest BCUT2D eigenvalue weighted by atomic mass is 10.1. The number of ether oxygens (including phenoxy) is 1. The molecule has 0 fully saturated rings. The normalized spacial score (nSPS) is 11.0. The van der Waals surface area contributed by atoms with Crippen molar-refractivity contribution in [1.82, 2.24) is 5.32 Å². The molecule has 0 bridgehead atoms. The Bertz CT molecular complexity index is 1610. The summed E-state index contributed by atoms with van der Waals surface area (Å²) < 4.78 is 5.70. The first kappa shape index (κ1) is 30.7. The number of nitrogens with one attached hydrogen (secondary N) is 3. The van der Waals surface area contributed by atoms with Gasteiger partial charge in [-0.2, -0.15) is 0 Å². The predicted molar refractivity (Wildman–Crippen MR) is 170 cm³/mol. The standard InChI is InChI=1S/C32H27Cl2N3O4S/c1-2-41-29-14-7-6-11-22(29)17-28(37-31(39)21-9-4-3-5-10-21)32(40)36-23-12-8-13-25(18-23)42-20-30(38)35-24-15-16-26(33)27(34)19-24/h3-19H,2,20H2,1H3,(H,35,38)(H,36,40)(H,37,39)/b28-17+. The fourth-order valence-corrected chi connectivity index (χ4v) is 4.82. The Morgan fingerprint density at radius 3 is 2.31 bits per heavy atom. The van der Waals surface area contributed by atoms with Gasteiger partial charge in [0.2, 0.25) is 5.91 Å². The van der Waals surface area contributed by atoms with E-state index >= 15 is 0 Å². The van der Waals surface area contributed by atoms with Crippen LogP contribution in [0.1, 0.15) is 22.8 Å². The number of benzene rings is 4. The van der Waals surface area contributed by atoms with Crippen molar-refractivity contribution < 1.29 is 19.1 Å². The van der Waals surface area contributed by atoms with Crippen LogP contribution in [0, 0.1) is 0 Å². The average molecular weight is 621 g/mol. The number of para-hydroxylation sites is 1. The highest BCUT2D eigenvalue weighted by molar-refractivity contribution is 8.00. The van der Waals surface area contributed by atoms with E-state index in [0.29, 0.717) is 44.9 Å². The van der Waals surface area contributed by atoms with Crippen molar-refractivity contribution in [2.75, 3.05) is 23.0 Å². The molecule has 3 N–H and O–H groups in total. The van der Waals surface area contributed by atoms with Crippen LogP contribution in [0.2, 0.25) is 10.0 Å². The highest BCUT2D eigenvalue weighted by Crippen LogP contribution is 2.26. The molecule has 4 aromatic carbocycles. The summed E-state index contributed by atoms with van der Waals surface area (Å²) >= 11 is 13.3. The molecular weight excluding hydrogens is 593 g/mol. The Hall–Kier alpha value is -4.24. The van der Waals surface area contributed by atoms with Crippen molar-refractivity contribution in [3.8, 4) is 5.75 Å². The number of halogens is 2. The van der Waals surface area contributed by atoms with Gasteiger partial charge in [0, 0.05) is 27.4 Å². The molecule has 0 aliphatic rings. The number of anilines is 2. The van der Waals surface area contributed by atoms with E-state index < -0.39 is 11.8 Å². The van der Waals surface area contributed by atoms with Crippen LogP contribution < -0.4 is 20.7 Å². The van der Waals surface area contributed by atoms with E-state index in [-0.39, 0.29) is 17.4 Å². The molecule has 0 aliphatic heterocycles. The van der Waals surface area contributed by atoms with E-state index in [2.05, 4.69) is 16.0 Å². The number of carbonyl (C=O) groups excluding carboxylic acids is 3. The Kier molecular flexibility index (Phi) is 11.1. The molecule has 3 amide bonds. The highest BCUT2D eigenvalue weighted by Gasteiger charge is 2.16. The zero-order valence-electron chi connectivity index (χ0n) is 22.5. The molecule has 0 spiro atoms. The summed E-state index contributed by atoms with van der Waals surface area (Å²) in [6, 6.07) is 27.8. The average Bonchev–Trinajstić information content (AvgIpc) is 2.99. The number of hydrogen-bond donors (Lipinski definition) is 3. The van der Waals surface area contributed by atoms with Crippen LogP contribution in [-0.2, 0) is 9.59 Å². The van der Waals surface area contributed by atoms with Crippen molar-refractivity contribution in [2.24, 2.45) is 0 Å². The first-order valence-electron chi connectivity index (χ1n) is 12.9. The van der Waals surface area contributed by atoms with Gasteiger partial charge in [0.05, 0.1) is 22.4 Å². The summed E-state index contributed by atoms with van der Waals surface area (Å²) in [5.74, 6) is -0.468. The molecule has 10 heteroatoms. The summed E-state index contributed by atoms with van der Waals surface area (Å²) in [6.45, 7) is 2.31. The smallest absolute Gasteiger partial charge is 0.272 e. The Morgan fingerprint density at radius 2 is 1.55 bits per heavy atom. The number of hydrogen-bond acceptors (Lipinski definition) is 5. The highest BCUT2D eigenvalue weighted by atomic mass is 35.5. The van der Waals surface area contributed by atoms with Crippen LogP contribution in [0.5, 0.6) is 5.75 Å². The molecule has 0 atom stereocenters. The van der Waals surface area contributed by atoms with Crippen molar-refractivity contribution >= 4 is 70.1 Å². The van der Waals surface area contributed by atoms with E-state index in [0.717, 1.165) is 4.90 Å². The van der Waals surface area contributed by atoms with E-state index in [4.69, 9.17) is 27.9 Å². The molecule has 7 nitrogen and oxygen atoms in total. The molecule has 0 unspecified atom stereocenters. The van der Waals surface area contributed by atoms with E-state index in [1.54, 1.807) is 84.9 Å². The lowest BCUT2D eigenvalue weighted by Gasteiger charge is -2.13. The van der Waals surface area contributed by atoms with Gasteiger partial charge < -0.3 is 20.7 Å². The lowest BCUT2D eigenvalue weighted by molar-refractivity contribution is -0.114. The number of rotatable bonds is 11. The third-order valence-electron chi connectivity index (χ3n) is 5.71. The Balaban J connectivity index is 1.48. The number of thioether (sulfide) groups is 1. The van der Waals surface area contributed by atoms with Gasteiger partial charge in [-0.1, -0.05) is 65.7 Å². The summed E-state index contributed by atoms with van der Waals surface area (Å²) in [7, 11) is 0. The van der Waals surface area contributed by atoms with E-state index in [1.807, 2.05) is 25.1 Å². The second-order valence-corrected chi connectivity index (χ2v) is 10.7. The fraction of sp³-hybridized carbons (Fsp3) is 0.0938. The fourth-order valence-electron chi connectivity index (χ4n) is 3.77. The van der Waals surface area contributed by atoms with Gasteiger partial charge in [0.25, 0.3) is 11.8 Å². The molecule has 0 saturated carbocycles. The molecule has 214 valence electrons. The SMILES string of the molecule is CCOc1ccccc1/C=C(/NC(=O)c1ccccc1)C(=O)Nc1cccc(SCC(=O)Nc2ccc(Cl)c(Cl)c2)c1. The Labute approximate surface area is 258 Å².